The van der Waals surface area contributed by atoms with E-state index in [4.69, 9.17) is 16.7 Å². The Balaban J connectivity index is 2.98. The molecule has 0 fully saturated rings. The van der Waals surface area contributed by atoms with Crippen LogP contribution < -0.4 is 0 Å². The average Bonchev–Trinajstić information content (AvgIpc) is 2.40. The third kappa shape index (κ3) is 1.44. The van der Waals surface area contributed by atoms with Crippen molar-refractivity contribution in [2.24, 2.45) is 7.05 Å². The van der Waals surface area contributed by atoms with Crippen molar-refractivity contribution in [2.45, 2.75) is 0 Å². The minimum Gasteiger partial charge on any atom is -0.477 e. The molecular formula is C10H7BrClNO2. The van der Waals surface area contributed by atoms with Crippen molar-refractivity contribution < 1.29 is 9.90 Å². The highest BCUT2D eigenvalue weighted by atomic mass is 79.9. The number of hydrogen-bond acceptors (Lipinski definition) is 1. The number of carboxylic acid groups (broad SMARTS) is 1. The number of aryl methyl sites for hydroxylation is 1. The van der Waals surface area contributed by atoms with Gasteiger partial charge in [-0.3, -0.25) is 0 Å². The summed E-state index contributed by atoms with van der Waals surface area (Å²) in [5.74, 6) is -1.02. The number of nitrogens with zero attached hydrogens (tertiary/aromatic N) is 1. The molecule has 78 valence electrons. The van der Waals surface area contributed by atoms with Crippen molar-refractivity contribution in [1.29, 1.82) is 0 Å². The molecule has 0 aliphatic carbocycles. The maximum absolute atomic E-state index is 11.0. The number of fused-ring (bicyclic) bond motifs is 1. The minimum atomic E-state index is -1.02. The Hall–Kier alpha value is -1.00. The number of halogens is 2. The lowest BCUT2D eigenvalue weighted by Crippen LogP contribution is -2.04. The predicted octanol–water partition coefficient (Wildman–Crippen LogP) is 3.29. The zero-order valence-corrected chi connectivity index (χ0v) is 10.1. The van der Waals surface area contributed by atoms with Crippen LogP contribution in [0.3, 0.4) is 0 Å². The van der Waals surface area contributed by atoms with E-state index in [-0.39, 0.29) is 10.7 Å². The van der Waals surface area contributed by atoms with Gasteiger partial charge >= 0.3 is 5.97 Å². The van der Waals surface area contributed by atoms with Crippen molar-refractivity contribution in [3.05, 3.63) is 33.4 Å². The van der Waals surface area contributed by atoms with E-state index in [2.05, 4.69) is 15.9 Å². The van der Waals surface area contributed by atoms with Crippen LogP contribution in [0, 0.1) is 0 Å². The second-order valence-corrected chi connectivity index (χ2v) is 4.40. The molecule has 0 bridgehead atoms. The molecule has 0 aliphatic rings. The summed E-state index contributed by atoms with van der Waals surface area (Å²) in [6.45, 7) is 0. The number of carbonyl (C=O) groups is 1. The molecule has 0 radical (unpaired) electrons. The van der Waals surface area contributed by atoms with Gasteiger partial charge in [-0.1, -0.05) is 23.7 Å². The van der Waals surface area contributed by atoms with Crippen LogP contribution in [0.2, 0.25) is 5.02 Å². The van der Waals surface area contributed by atoms with Gasteiger partial charge in [-0.05, 0) is 22.0 Å². The van der Waals surface area contributed by atoms with Crippen molar-refractivity contribution in [2.75, 3.05) is 0 Å². The highest BCUT2D eigenvalue weighted by Crippen LogP contribution is 2.33. The van der Waals surface area contributed by atoms with Gasteiger partial charge in [-0.2, -0.15) is 0 Å². The molecule has 0 atom stereocenters. The molecule has 5 heteroatoms. The van der Waals surface area contributed by atoms with Crippen LogP contribution in [0.4, 0.5) is 0 Å². The summed E-state index contributed by atoms with van der Waals surface area (Å²) >= 11 is 9.38. The van der Waals surface area contributed by atoms with Crippen molar-refractivity contribution in [3.63, 3.8) is 0 Å². The molecule has 0 aliphatic heterocycles. The van der Waals surface area contributed by atoms with E-state index in [9.17, 15) is 4.79 Å². The van der Waals surface area contributed by atoms with Gasteiger partial charge < -0.3 is 9.67 Å². The second-order valence-electron chi connectivity index (χ2n) is 3.16. The molecule has 1 aromatic heterocycles. The van der Waals surface area contributed by atoms with Gasteiger partial charge in [0.25, 0.3) is 0 Å². The normalized spacial score (nSPS) is 10.9. The molecule has 0 amide bonds. The second kappa shape index (κ2) is 3.54. The molecule has 0 unspecified atom stereocenters. The molecule has 0 saturated heterocycles. The third-order valence-electron chi connectivity index (χ3n) is 2.30. The van der Waals surface area contributed by atoms with Crippen molar-refractivity contribution >= 4 is 44.4 Å². The van der Waals surface area contributed by atoms with Gasteiger partial charge in [-0.15, -0.1) is 0 Å². The topological polar surface area (TPSA) is 42.2 Å². The smallest absolute Gasteiger partial charge is 0.354 e. The van der Waals surface area contributed by atoms with Crippen LogP contribution in [0.5, 0.6) is 0 Å². The van der Waals surface area contributed by atoms with E-state index in [0.29, 0.717) is 0 Å². The molecular weight excluding hydrogens is 281 g/mol. The van der Waals surface area contributed by atoms with E-state index in [0.717, 1.165) is 15.4 Å². The summed E-state index contributed by atoms with van der Waals surface area (Å²) in [5, 5.41) is 10.0. The van der Waals surface area contributed by atoms with Crippen molar-refractivity contribution in [1.82, 2.24) is 4.57 Å². The number of carboxylic acids is 1. The summed E-state index contributed by atoms with van der Waals surface area (Å²) in [4.78, 5) is 11.0. The Bertz CT molecular complexity index is 562. The maximum atomic E-state index is 11.0. The molecule has 0 saturated carbocycles. The number of rotatable bonds is 1. The summed E-state index contributed by atoms with van der Waals surface area (Å²) in [7, 11) is 1.68. The van der Waals surface area contributed by atoms with Gasteiger partial charge in [0, 0.05) is 16.9 Å². The highest BCUT2D eigenvalue weighted by molar-refractivity contribution is 9.10. The number of para-hydroxylation sites is 1. The standard InChI is InChI=1S/C10H7BrClNO2/c1-13-8-5(3-2-4-6(8)11)7(12)9(13)10(14)15/h2-4H,1H3,(H,14,15). The lowest BCUT2D eigenvalue weighted by molar-refractivity contribution is 0.0687. The van der Waals surface area contributed by atoms with Crippen molar-refractivity contribution in [3.8, 4) is 0 Å². The van der Waals surface area contributed by atoms with E-state index < -0.39 is 5.97 Å². The van der Waals surface area contributed by atoms with Gasteiger partial charge in [0.2, 0.25) is 0 Å². The van der Waals surface area contributed by atoms with E-state index >= 15 is 0 Å². The first-order valence-electron chi connectivity index (χ1n) is 4.19. The summed E-state index contributed by atoms with van der Waals surface area (Å²) in [6.07, 6.45) is 0. The van der Waals surface area contributed by atoms with Crippen LogP contribution in [0.25, 0.3) is 10.9 Å². The summed E-state index contributed by atoms with van der Waals surface area (Å²) in [6, 6.07) is 5.48. The van der Waals surface area contributed by atoms with Gasteiger partial charge in [-0.25, -0.2) is 4.79 Å². The molecule has 1 heterocycles. The maximum Gasteiger partial charge on any atom is 0.354 e. The van der Waals surface area contributed by atoms with Crippen LogP contribution in [-0.2, 0) is 7.05 Å². The average molecular weight is 289 g/mol. The highest BCUT2D eigenvalue weighted by Gasteiger charge is 2.19. The fourth-order valence-corrected chi connectivity index (χ4v) is 2.65. The predicted molar refractivity (Wildman–Crippen MR) is 62.6 cm³/mol. The number of benzene rings is 1. The number of aromatic carboxylic acids is 1. The molecule has 2 aromatic rings. The van der Waals surface area contributed by atoms with E-state index in [1.165, 1.54) is 0 Å². The summed E-state index contributed by atoms with van der Waals surface area (Å²) in [5.41, 5.74) is 0.901. The first-order valence-corrected chi connectivity index (χ1v) is 5.37. The Labute approximate surface area is 99.4 Å². The quantitative estimate of drug-likeness (QED) is 0.875. The van der Waals surface area contributed by atoms with Gasteiger partial charge in [0.15, 0.2) is 0 Å². The Morgan fingerprint density at radius 3 is 2.73 bits per heavy atom. The molecule has 2 rings (SSSR count). The summed E-state index contributed by atoms with van der Waals surface area (Å²) < 4.78 is 2.40. The molecule has 3 nitrogen and oxygen atoms in total. The molecule has 1 N–H and O–H groups in total. The van der Waals surface area contributed by atoms with Crippen LogP contribution in [0.15, 0.2) is 22.7 Å². The fraction of sp³-hybridized carbons (Fsp3) is 0.100. The van der Waals surface area contributed by atoms with Crippen LogP contribution in [-0.4, -0.2) is 15.6 Å². The Morgan fingerprint density at radius 2 is 2.20 bits per heavy atom. The first kappa shape index (κ1) is 10.5. The molecule has 15 heavy (non-hydrogen) atoms. The fourth-order valence-electron chi connectivity index (χ4n) is 1.66. The Kier molecular flexibility index (Phi) is 2.48. The number of hydrogen-bond donors (Lipinski definition) is 1. The minimum absolute atomic E-state index is 0.110. The monoisotopic (exact) mass is 287 g/mol. The lowest BCUT2D eigenvalue weighted by Gasteiger charge is -2.00. The Morgan fingerprint density at radius 1 is 1.53 bits per heavy atom. The molecule has 0 spiro atoms. The lowest BCUT2D eigenvalue weighted by atomic mass is 10.2. The zero-order chi connectivity index (χ0) is 11.2. The zero-order valence-electron chi connectivity index (χ0n) is 7.79. The van der Waals surface area contributed by atoms with E-state index in [1.807, 2.05) is 12.1 Å². The van der Waals surface area contributed by atoms with Crippen LogP contribution in [0.1, 0.15) is 10.5 Å². The largest absolute Gasteiger partial charge is 0.477 e. The van der Waals surface area contributed by atoms with Crippen LogP contribution >= 0.6 is 27.5 Å². The third-order valence-corrected chi connectivity index (χ3v) is 3.33. The molecule has 1 aromatic carbocycles. The first-order chi connectivity index (χ1) is 7.04. The van der Waals surface area contributed by atoms with Gasteiger partial charge in [0.1, 0.15) is 5.69 Å². The van der Waals surface area contributed by atoms with Gasteiger partial charge in [0.05, 0.1) is 10.5 Å². The van der Waals surface area contributed by atoms with E-state index in [1.54, 1.807) is 17.7 Å². The number of aromatic nitrogens is 1. The SMILES string of the molecule is Cn1c(C(=O)O)c(Cl)c2cccc(Br)c21.